The third kappa shape index (κ3) is 66.5. The van der Waals surface area contributed by atoms with Crippen molar-refractivity contribution in [1.29, 1.82) is 0 Å². The number of hydrogen-bond acceptors (Lipinski definition) is 6. The van der Waals surface area contributed by atoms with Crippen LogP contribution in [0.3, 0.4) is 0 Å². The molecule has 0 saturated carbocycles. The lowest BCUT2D eigenvalue weighted by Gasteiger charge is -2.18. The topological polar surface area (TPSA) is 78.9 Å². The molecule has 0 aliphatic rings. The maximum Gasteiger partial charge on any atom is 0.306 e. The summed E-state index contributed by atoms with van der Waals surface area (Å²) in [5.41, 5.74) is 0. The lowest BCUT2D eigenvalue weighted by Crippen LogP contribution is -2.30. The van der Waals surface area contributed by atoms with Gasteiger partial charge in [0.15, 0.2) is 6.10 Å². The van der Waals surface area contributed by atoms with E-state index in [-0.39, 0.29) is 31.1 Å². The summed E-state index contributed by atoms with van der Waals surface area (Å²) in [6.07, 6.45) is 95.2. The molecule has 0 aromatic heterocycles. The fourth-order valence-corrected chi connectivity index (χ4v) is 9.40. The lowest BCUT2D eigenvalue weighted by molar-refractivity contribution is -0.167. The molecular weight excluding hydrogens is 997 g/mol. The first-order valence-electron chi connectivity index (χ1n) is 34.0. The van der Waals surface area contributed by atoms with Crippen molar-refractivity contribution in [3.63, 3.8) is 0 Å². The van der Waals surface area contributed by atoms with Crippen LogP contribution in [0, 0.1) is 0 Å². The van der Waals surface area contributed by atoms with E-state index in [1.54, 1.807) is 0 Å². The summed E-state index contributed by atoms with van der Waals surface area (Å²) in [5.74, 6) is -0.921. The number of unbranched alkanes of at least 4 members (excludes halogenated alkanes) is 30. The minimum atomic E-state index is -0.795. The van der Waals surface area contributed by atoms with Gasteiger partial charge in [-0.25, -0.2) is 0 Å². The number of allylic oxidation sites excluding steroid dienone is 20. The highest BCUT2D eigenvalue weighted by atomic mass is 16.6. The Kier molecular flexibility index (Phi) is 64.8. The molecule has 0 heterocycles. The summed E-state index contributed by atoms with van der Waals surface area (Å²) in [4.78, 5) is 38.3. The Hall–Kier alpha value is -4.19. The van der Waals surface area contributed by atoms with Gasteiger partial charge in [-0.2, -0.15) is 0 Å². The second kappa shape index (κ2) is 68.3. The van der Waals surface area contributed by atoms with Crippen molar-refractivity contribution in [1.82, 2.24) is 0 Å². The molecule has 462 valence electrons. The lowest BCUT2D eigenvalue weighted by atomic mass is 10.0. The molecule has 0 spiro atoms. The van der Waals surface area contributed by atoms with Crippen LogP contribution >= 0.6 is 0 Å². The van der Waals surface area contributed by atoms with Gasteiger partial charge in [0.2, 0.25) is 0 Å². The largest absolute Gasteiger partial charge is 0.462 e. The second-order valence-electron chi connectivity index (χ2n) is 22.3. The first kappa shape index (κ1) is 76.8. The first-order valence-corrected chi connectivity index (χ1v) is 34.0. The summed E-state index contributed by atoms with van der Waals surface area (Å²) in [6, 6.07) is 0. The van der Waals surface area contributed by atoms with E-state index >= 15 is 0 Å². The van der Waals surface area contributed by atoms with E-state index in [0.29, 0.717) is 19.3 Å². The SMILES string of the molecule is CC/C=C\C/C=C\C/C=C\C/C=C\C/C=C\C/C=C\CCCCCCCCCCCCCCCCCCC(=O)OCC(COC(=O)CCCCC/C=C\C/C=C\C/C=C\CC)OC(=O)CCCCCCC/C=C\CCCCCCCC. The van der Waals surface area contributed by atoms with Crippen LogP contribution in [-0.2, 0) is 28.6 Å². The molecule has 6 nitrogen and oxygen atoms in total. The number of esters is 3. The predicted molar refractivity (Wildman–Crippen MR) is 353 cm³/mol. The smallest absolute Gasteiger partial charge is 0.306 e. The Balaban J connectivity index is 4.16. The molecule has 0 aromatic carbocycles. The highest BCUT2D eigenvalue weighted by Gasteiger charge is 2.19. The fourth-order valence-electron chi connectivity index (χ4n) is 9.40. The summed E-state index contributed by atoms with van der Waals surface area (Å²) in [7, 11) is 0. The van der Waals surface area contributed by atoms with Gasteiger partial charge in [-0.1, -0.05) is 290 Å². The van der Waals surface area contributed by atoms with E-state index in [9.17, 15) is 14.4 Å². The average molecular weight is 1120 g/mol. The third-order valence-electron chi connectivity index (χ3n) is 14.4. The predicted octanol–water partition coefficient (Wildman–Crippen LogP) is 23.6. The molecule has 0 radical (unpaired) electrons. The summed E-state index contributed by atoms with van der Waals surface area (Å²) in [5, 5.41) is 0. The molecule has 0 amide bonds. The molecular formula is C75H126O6. The van der Waals surface area contributed by atoms with Crippen molar-refractivity contribution >= 4 is 17.9 Å². The van der Waals surface area contributed by atoms with Crippen LogP contribution in [0.15, 0.2) is 122 Å². The number of ether oxygens (including phenoxy) is 3. The first-order chi connectivity index (χ1) is 40.0. The Labute approximate surface area is 501 Å². The Morgan fingerprint density at radius 1 is 0.259 bits per heavy atom. The zero-order valence-corrected chi connectivity index (χ0v) is 53.0. The normalized spacial score (nSPS) is 12.9. The molecule has 1 atom stereocenters. The van der Waals surface area contributed by atoms with Crippen molar-refractivity contribution in [3.05, 3.63) is 122 Å². The van der Waals surface area contributed by atoms with Gasteiger partial charge >= 0.3 is 17.9 Å². The highest BCUT2D eigenvalue weighted by molar-refractivity contribution is 5.71. The number of carbonyl (C=O) groups excluding carboxylic acids is 3. The molecule has 0 saturated heterocycles. The fraction of sp³-hybridized carbons (Fsp3) is 0.693. The maximum atomic E-state index is 12.9. The van der Waals surface area contributed by atoms with E-state index in [4.69, 9.17) is 14.2 Å². The van der Waals surface area contributed by atoms with Gasteiger partial charge < -0.3 is 14.2 Å². The molecule has 81 heavy (non-hydrogen) atoms. The zero-order valence-electron chi connectivity index (χ0n) is 53.0. The van der Waals surface area contributed by atoms with Crippen LogP contribution in [0.2, 0.25) is 0 Å². The minimum absolute atomic E-state index is 0.0898. The van der Waals surface area contributed by atoms with E-state index in [1.807, 2.05) is 0 Å². The maximum absolute atomic E-state index is 12.9. The molecule has 0 aliphatic heterocycles. The van der Waals surface area contributed by atoms with Gasteiger partial charge in [0.25, 0.3) is 0 Å². The van der Waals surface area contributed by atoms with Crippen molar-refractivity contribution in [2.24, 2.45) is 0 Å². The van der Waals surface area contributed by atoms with Crippen molar-refractivity contribution in [2.45, 2.75) is 322 Å². The minimum Gasteiger partial charge on any atom is -0.462 e. The molecule has 0 N–H and O–H groups in total. The zero-order chi connectivity index (χ0) is 58.5. The molecule has 6 heteroatoms. The molecule has 0 aliphatic carbocycles. The van der Waals surface area contributed by atoms with Crippen molar-refractivity contribution in [3.8, 4) is 0 Å². The van der Waals surface area contributed by atoms with Gasteiger partial charge in [0.05, 0.1) is 0 Å². The van der Waals surface area contributed by atoms with Crippen LogP contribution in [0.4, 0.5) is 0 Å². The van der Waals surface area contributed by atoms with E-state index in [0.717, 1.165) is 135 Å². The summed E-state index contributed by atoms with van der Waals surface area (Å²) >= 11 is 0. The molecule has 1 unspecified atom stereocenters. The van der Waals surface area contributed by atoms with Gasteiger partial charge in [-0.3, -0.25) is 14.4 Å². The van der Waals surface area contributed by atoms with Crippen LogP contribution in [0.5, 0.6) is 0 Å². The number of rotatable bonds is 61. The molecule has 0 fully saturated rings. The van der Waals surface area contributed by atoms with E-state index < -0.39 is 6.10 Å². The summed E-state index contributed by atoms with van der Waals surface area (Å²) < 4.78 is 16.9. The van der Waals surface area contributed by atoms with E-state index in [1.165, 1.54) is 141 Å². The van der Waals surface area contributed by atoms with Gasteiger partial charge in [0, 0.05) is 19.3 Å². The van der Waals surface area contributed by atoms with Crippen LogP contribution in [0.25, 0.3) is 0 Å². The highest BCUT2D eigenvalue weighted by Crippen LogP contribution is 2.16. The molecule has 0 bridgehead atoms. The van der Waals surface area contributed by atoms with Crippen molar-refractivity contribution < 1.29 is 28.6 Å². The van der Waals surface area contributed by atoms with Gasteiger partial charge in [0.1, 0.15) is 13.2 Å². The Morgan fingerprint density at radius 3 is 0.778 bits per heavy atom. The molecule has 0 rings (SSSR count). The Morgan fingerprint density at radius 2 is 0.481 bits per heavy atom. The average Bonchev–Trinajstić information content (AvgIpc) is 3.46. The quantitative estimate of drug-likeness (QED) is 0.0261. The standard InChI is InChI=1S/C75H126O6/c1-4-7-10-13-16-19-22-25-27-28-29-30-31-32-33-34-35-36-37-38-39-40-41-42-43-44-45-46-48-50-53-56-59-62-65-68-74(77)80-71-72(70-79-73(76)67-64-61-58-55-52-49-24-21-18-15-12-9-6-3)81-75(78)69-66-63-60-57-54-51-47-26-23-20-17-14-11-8-5-2/h7,9-10,12,16,18-19,21,25-27,29-30,32-33,35-36,47,49,52,72H,4-6,8,11,13-15,17,20,22-24,28,31,34,37-46,48,50-51,53-71H2,1-3H3/b10-7-,12-9-,19-16-,21-18-,27-25-,30-29-,33-32-,36-35-,47-26-,52-49-. The van der Waals surface area contributed by atoms with Crippen LogP contribution < -0.4 is 0 Å². The number of hydrogen-bond donors (Lipinski definition) is 0. The van der Waals surface area contributed by atoms with Gasteiger partial charge in [-0.05, 0) is 128 Å². The second-order valence-corrected chi connectivity index (χ2v) is 22.3. The van der Waals surface area contributed by atoms with E-state index in [2.05, 4.69) is 142 Å². The Bertz CT molecular complexity index is 1670. The van der Waals surface area contributed by atoms with Crippen LogP contribution in [-0.4, -0.2) is 37.2 Å². The molecule has 0 aromatic rings. The van der Waals surface area contributed by atoms with Crippen LogP contribution in [0.1, 0.15) is 316 Å². The van der Waals surface area contributed by atoms with Crippen molar-refractivity contribution in [2.75, 3.05) is 13.2 Å². The third-order valence-corrected chi connectivity index (χ3v) is 14.4. The monoisotopic (exact) mass is 1120 g/mol. The number of carbonyl (C=O) groups is 3. The summed E-state index contributed by atoms with van der Waals surface area (Å²) in [6.45, 7) is 6.39. The van der Waals surface area contributed by atoms with Gasteiger partial charge in [-0.15, -0.1) is 0 Å².